The largest absolute Gasteiger partial charge is 0.316 e. The molecule has 0 aromatic heterocycles. The summed E-state index contributed by atoms with van der Waals surface area (Å²) in [6.07, 6.45) is 2.93. The molecule has 58 valence electrons. The highest BCUT2D eigenvalue weighted by Crippen LogP contribution is 2.11. The van der Waals surface area contributed by atoms with Crippen LogP contribution in [-0.2, 0) is 4.79 Å². The predicted octanol–water partition coefficient (Wildman–Crippen LogP) is 0.965. The third kappa shape index (κ3) is 1.81. The number of rotatable bonds is 2. The number of hydrogen-bond acceptors (Lipinski definition) is 2. The molecule has 0 aromatic carbocycles. The third-order valence-corrected chi connectivity index (χ3v) is 2.03. The molecule has 1 unspecified atom stereocenters. The second-order valence-electron chi connectivity index (χ2n) is 2.91. The van der Waals surface area contributed by atoms with Gasteiger partial charge in [0.25, 0.3) is 0 Å². The van der Waals surface area contributed by atoms with Crippen molar-refractivity contribution in [3.63, 3.8) is 0 Å². The van der Waals surface area contributed by atoms with Gasteiger partial charge in [-0.2, -0.15) is 0 Å². The molecular weight excluding hydrogens is 126 g/mol. The number of carbonyl (C=O) groups is 1. The SMILES string of the molecule is CCCC1CNCCC1=O. The van der Waals surface area contributed by atoms with Crippen molar-refractivity contribution in [1.82, 2.24) is 5.32 Å². The van der Waals surface area contributed by atoms with E-state index in [2.05, 4.69) is 12.2 Å². The molecule has 1 heterocycles. The number of piperidine rings is 1. The standard InChI is InChI=1S/C8H15NO/c1-2-3-7-6-9-5-4-8(7)10/h7,9H,2-6H2,1H3. The van der Waals surface area contributed by atoms with Gasteiger partial charge in [0.15, 0.2) is 0 Å². The van der Waals surface area contributed by atoms with E-state index in [4.69, 9.17) is 0 Å². The fraction of sp³-hybridized carbons (Fsp3) is 0.875. The normalized spacial score (nSPS) is 26.9. The lowest BCUT2D eigenvalue weighted by Crippen LogP contribution is -2.36. The van der Waals surface area contributed by atoms with E-state index in [0.717, 1.165) is 32.4 Å². The van der Waals surface area contributed by atoms with Gasteiger partial charge in [-0.1, -0.05) is 13.3 Å². The van der Waals surface area contributed by atoms with Gasteiger partial charge in [0.2, 0.25) is 0 Å². The summed E-state index contributed by atoms with van der Waals surface area (Å²) in [7, 11) is 0. The van der Waals surface area contributed by atoms with Gasteiger partial charge in [-0.25, -0.2) is 0 Å². The van der Waals surface area contributed by atoms with Gasteiger partial charge in [0, 0.05) is 25.4 Å². The molecule has 1 rings (SSSR count). The van der Waals surface area contributed by atoms with Gasteiger partial charge >= 0.3 is 0 Å². The predicted molar refractivity (Wildman–Crippen MR) is 40.9 cm³/mol. The summed E-state index contributed by atoms with van der Waals surface area (Å²) in [6.45, 7) is 3.92. The van der Waals surface area contributed by atoms with Gasteiger partial charge in [-0.05, 0) is 6.42 Å². The van der Waals surface area contributed by atoms with Crippen LogP contribution in [0.15, 0.2) is 0 Å². The van der Waals surface area contributed by atoms with Crippen LogP contribution in [0.5, 0.6) is 0 Å². The van der Waals surface area contributed by atoms with Crippen molar-refractivity contribution in [2.24, 2.45) is 5.92 Å². The molecule has 0 aliphatic carbocycles. The summed E-state index contributed by atoms with van der Waals surface area (Å²) >= 11 is 0. The van der Waals surface area contributed by atoms with Crippen molar-refractivity contribution in [2.45, 2.75) is 26.2 Å². The average molecular weight is 141 g/mol. The lowest BCUT2D eigenvalue weighted by atomic mass is 9.94. The minimum absolute atomic E-state index is 0.318. The van der Waals surface area contributed by atoms with E-state index >= 15 is 0 Å². The molecule has 1 aliphatic rings. The van der Waals surface area contributed by atoms with Crippen LogP contribution in [0.3, 0.4) is 0 Å². The van der Waals surface area contributed by atoms with Crippen LogP contribution >= 0.6 is 0 Å². The molecule has 0 amide bonds. The van der Waals surface area contributed by atoms with E-state index in [1.807, 2.05) is 0 Å². The Morgan fingerprint density at radius 3 is 3.10 bits per heavy atom. The Labute approximate surface area is 62.0 Å². The fourth-order valence-corrected chi connectivity index (χ4v) is 1.42. The Morgan fingerprint density at radius 2 is 2.50 bits per heavy atom. The van der Waals surface area contributed by atoms with Crippen LogP contribution in [0.1, 0.15) is 26.2 Å². The highest BCUT2D eigenvalue weighted by Gasteiger charge is 2.19. The maximum atomic E-state index is 11.1. The molecule has 0 radical (unpaired) electrons. The molecule has 0 bridgehead atoms. The van der Waals surface area contributed by atoms with Crippen LogP contribution < -0.4 is 5.32 Å². The van der Waals surface area contributed by atoms with Crippen LogP contribution in [0, 0.1) is 5.92 Å². The number of carbonyl (C=O) groups excluding carboxylic acids is 1. The Bertz CT molecular complexity index is 120. The highest BCUT2D eigenvalue weighted by molar-refractivity contribution is 5.82. The first-order valence-electron chi connectivity index (χ1n) is 4.08. The molecular formula is C8H15NO. The van der Waals surface area contributed by atoms with E-state index in [9.17, 15) is 4.79 Å². The summed E-state index contributed by atoms with van der Waals surface area (Å²) in [5, 5.41) is 3.23. The van der Waals surface area contributed by atoms with Crippen molar-refractivity contribution >= 4 is 5.78 Å². The lowest BCUT2D eigenvalue weighted by molar-refractivity contribution is -0.124. The second-order valence-corrected chi connectivity index (χ2v) is 2.91. The fourth-order valence-electron chi connectivity index (χ4n) is 1.42. The monoisotopic (exact) mass is 141 g/mol. The first-order chi connectivity index (χ1) is 4.84. The third-order valence-electron chi connectivity index (χ3n) is 2.03. The first kappa shape index (κ1) is 7.73. The zero-order chi connectivity index (χ0) is 7.40. The molecule has 1 saturated heterocycles. The van der Waals surface area contributed by atoms with Crippen molar-refractivity contribution in [2.75, 3.05) is 13.1 Å². The average Bonchev–Trinajstić information content (AvgIpc) is 1.94. The quantitative estimate of drug-likeness (QED) is 0.620. The second kappa shape index (κ2) is 3.71. The number of nitrogens with one attached hydrogen (secondary N) is 1. The number of Topliss-reactive ketones (excluding diaryl/α,β-unsaturated/α-hetero) is 1. The zero-order valence-corrected chi connectivity index (χ0v) is 6.52. The molecule has 0 aromatic rings. The molecule has 1 N–H and O–H groups in total. The smallest absolute Gasteiger partial charge is 0.138 e. The Balaban J connectivity index is 2.32. The Kier molecular flexibility index (Phi) is 2.87. The minimum Gasteiger partial charge on any atom is -0.316 e. The number of hydrogen-bond donors (Lipinski definition) is 1. The first-order valence-corrected chi connectivity index (χ1v) is 4.08. The molecule has 1 fully saturated rings. The molecule has 1 atom stereocenters. The van der Waals surface area contributed by atoms with Crippen LogP contribution in [-0.4, -0.2) is 18.9 Å². The van der Waals surface area contributed by atoms with Gasteiger partial charge < -0.3 is 5.32 Å². The Morgan fingerprint density at radius 1 is 1.70 bits per heavy atom. The number of ketones is 1. The topological polar surface area (TPSA) is 29.1 Å². The van der Waals surface area contributed by atoms with Crippen molar-refractivity contribution in [3.05, 3.63) is 0 Å². The van der Waals surface area contributed by atoms with Gasteiger partial charge in [-0.3, -0.25) is 4.79 Å². The van der Waals surface area contributed by atoms with E-state index in [1.165, 1.54) is 0 Å². The van der Waals surface area contributed by atoms with Crippen LogP contribution in [0.2, 0.25) is 0 Å². The van der Waals surface area contributed by atoms with E-state index in [-0.39, 0.29) is 0 Å². The molecule has 0 spiro atoms. The van der Waals surface area contributed by atoms with E-state index in [1.54, 1.807) is 0 Å². The summed E-state index contributed by atoms with van der Waals surface area (Å²) in [5.41, 5.74) is 0. The summed E-state index contributed by atoms with van der Waals surface area (Å²) in [4.78, 5) is 11.1. The molecule has 0 saturated carbocycles. The maximum Gasteiger partial charge on any atom is 0.138 e. The van der Waals surface area contributed by atoms with Crippen LogP contribution in [0.25, 0.3) is 0 Å². The van der Waals surface area contributed by atoms with E-state index in [0.29, 0.717) is 11.7 Å². The summed E-state index contributed by atoms with van der Waals surface area (Å²) in [5.74, 6) is 0.777. The maximum absolute atomic E-state index is 11.1. The molecule has 2 nitrogen and oxygen atoms in total. The van der Waals surface area contributed by atoms with Gasteiger partial charge in [0.1, 0.15) is 5.78 Å². The van der Waals surface area contributed by atoms with E-state index < -0.39 is 0 Å². The minimum atomic E-state index is 0.318. The van der Waals surface area contributed by atoms with Crippen molar-refractivity contribution < 1.29 is 4.79 Å². The zero-order valence-electron chi connectivity index (χ0n) is 6.52. The highest BCUT2D eigenvalue weighted by atomic mass is 16.1. The van der Waals surface area contributed by atoms with Crippen molar-refractivity contribution in [3.8, 4) is 0 Å². The summed E-state index contributed by atoms with van der Waals surface area (Å²) in [6, 6.07) is 0. The van der Waals surface area contributed by atoms with Crippen LogP contribution in [0.4, 0.5) is 0 Å². The Hall–Kier alpha value is -0.370. The van der Waals surface area contributed by atoms with Crippen molar-refractivity contribution in [1.29, 1.82) is 0 Å². The molecule has 2 heteroatoms. The molecule has 10 heavy (non-hydrogen) atoms. The summed E-state index contributed by atoms with van der Waals surface area (Å²) < 4.78 is 0. The van der Waals surface area contributed by atoms with Gasteiger partial charge in [0.05, 0.1) is 0 Å². The lowest BCUT2D eigenvalue weighted by Gasteiger charge is -2.20. The van der Waals surface area contributed by atoms with Gasteiger partial charge in [-0.15, -0.1) is 0 Å². The molecule has 1 aliphatic heterocycles.